The molecule has 0 spiro atoms. The Balaban J connectivity index is 2.98. The van der Waals surface area contributed by atoms with Crippen LogP contribution in [0.4, 0.5) is 0 Å². The molecule has 1 unspecified atom stereocenters. The van der Waals surface area contributed by atoms with Crippen molar-refractivity contribution in [3.05, 3.63) is 0 Å². The van der Waals surface area contributed by atoms with Gasteiger partial charge in [-0.2, -0.15) is 5.53 Å². The summed E-state index contributed by atoms with van der Waals surface area (Å²) in [6.07, 6.45) is 0.971. The molecule has 0 aliphatic carbocycles. The molecule has 0 rings (SSSR count). The third-order valence-corrected chi connectivity index (χ3v) is 0.882. The highest BCUT2D eigenvalue weighted by Gasteiger charge is 1.83. The lowest BCUT2D eigenvalue weighted by Crippen LogP contribution is -2.11. The largest absolute Gasteiger partial charge is 0.282 e. The van der Waals surface area contributed by atoms with Gasteiger partial charge in [0.2, 0.25) is 0 Å². The second kappa shape index (κ2) is 4.00. The molecule has 1 atom stereocenters. The summed E-state index contributed by atoms with van der Waals surface area (Å²) in [5.74, 6) is 0. The van der Waals surface area contributed by atoms with Crippen LogP contribution in [-0.4, -0.2) is 24.8 Å². The van der Waals surface area contributed by atoms with Crippen molar-refractivity contribution in [3.8, 4) is 0 Å². The van der Waals surface area contributed by atoms with Gasteiger partial charge < -0.3 is 0 Å². The van der Waals surface area contributed by atoms with Crippen molar-refractivity contribution in [1.29, 1.82) is 5.53 Å². The summed E-state index contributed by atoms with van der Waals surface area (Å²) in [5.41, 5.74) is 6.45. The summed E-state index contributed by atoms with van der Waals surface area (Å²) in [4.78, 5) is 0. The summed E-state index contributed by atoms with van der Waals surface area (Å²) in [6, 6.07) is 0. The van der Waals surface area contributed by atoms with Gasteiger partial charge in [0.25, 0.3) is 0 Å². The van der Waals surface area contributed by atoms with E-state index in [-0.39, 0.29) is 0 Å². The molecular weight excluding hydrogens is 109 g/mol. The van der Waals surface area contributed by atoms with E-state index < -0.39 is 0 Å². The summed E-state index contributed by atoms with van der Waals surface area (Å²) in [6.45, 7) is 0.841. The lowest BCUT2D eigenvalue weighted by molar-refractivity contribution is 0.341. The molecule has 7 heavy (non-hydrogen) atoms. The van der Waals surface area contributed by atoms with Crippen molar-refractivity contribution in [2.24, 2.45) is 5.22 Å². The van der Waals surface area contributed by atoms with Crippen LogP contribution in [0.2, 0.25) is 0 Å². The van der Waals surface area contributed by atoms with Crippen molar-refractivity contribution in [3.63, 3.8) is 0 Å². The van der Waals surface area contributed by atoms with Crippen LogP contribution in [0.1, 0.15) is 0 Å². The molecule has 0 aromatic carbocycles. The van der Waals surface area contributed by atoms with E-state index in [1.807, 2.05) is 0 Å². The van der Waals surface area contributed by atoms with Gasteiger partial charge in [0, 0.05) is 13.6 Å². The van der Waals surface area contributed by atoms with E-state index in [2.05, 4.69) is 14.5 Å². The van der Waals surface area contributed by atoms with E-state index in [4.69, 9.17) is 5.53 Å². The van der Waals surface area contributed by atoms with Crippen molar-refractivity contribution < 1.29 is 0 Å². The third-order valence-electron chi connectivity index (χ3n) is 0.623. The van der Waals surface area contributed by atoms with E-state index in [9.17, 15) is 0 Å². The zero-order valence-electron chi connectivity index (χ0n) is 4.39. The summed E-state index contributed by atoms with van der Waals surface area (Å²) < 4.78 is 0. The van der Waals surface area contributed by atoms with Gasteiger partial charge in [-0.05, 0) is 6.16 Å². The third kappa shape index (κ3) is 3.67. The lowest BCUT2D eigenvalue weighted by Gasteiger charge is -2.05. The SMILES string of the molecule is CN(CCP)N=N. The number of hydrogen-bond donors (Lipinski definition) is 1. The van der Waals surface area contributed by atoms with Crippen LogP contribution in [0, 0.1) is 5.53 Å². The van der Waals surface area contributed by atoms with Crippen LogP contribution in [0.3, 0.4) is 0 Å². The first-order valence-electron chi connectivity index (χ1n) is 2.10. The quantitative estimate of drug-likeness (QED) is 0.332. The maximum absolute atomic E-state index is 6.45. The predicted octanol–water partition coefficient (Wildman–Crippen LogP) is 0.739. The Hall–Kier alpha value is -0.170. The fourth-order valence-electron chi connectivity index (χ4n) is 0.237. The molecule has 0 amide bonds. The van der Waals surface area contributed by atoms with Crippen LogP contribution in [0.5, 0.6) is 0 Å². The Kier molecular flexibility index (Phi) is 3.90. The van der Waals surface area contributed by atoms with Gasteiger partial charge in [-0.1, -0.05) is 5.22 Å². The van der Waals surface area contributed by atoms with E-state index in [0.717, 1.165) is 12.7 Å². The molecule has 42 valence electrons. The maximum Gasteiger partial charge on any atom is 0.0408 e. The zero-order chi connectivity index (χ0) is 5.70. The highest BCUT2D eigenvalue weighted by atomic mass is 31.0. The van der Waals surface area contributed by atoms with Crippen LogP contribution in [0.25, 0.3) is 0 Å². The molecule has 4 heteroatoms. The minimum Gasteiger partial charge on any atom is -0.282 e. The normalized spacial score (nSPS) is 8.29. The van der Waals surface area contributed by atoms with Crippen LogP contribution in [-0.2, 0) is 0 Å². The minimum atomic E-state index is 0.841. The molecule has 0 bridgehead atoms. The summed E-state index contributed by atoms with van der Waals surface area (Å²) in [5, 5.41) is 4.72. The molecule has 0 aromatic rings. The van der Waals surface area contributed by atoms with Crippen molar-refractivity contribution in [2.75, 3.05) is 19.8 Å². The molecule has 0 saturated carbocycles. The first-order chi connectivity index (χ1) is 3.31. The van der Waals surface area contributed by atoms with Gasteiger partial charge in [0.15, 0.2) is 0 Å². The van der Waals surface area contributed by atoms with Gasteiger partial charge >= 0.3 is 0 Å². The van der Waals surface area contributed by atoms with Gasteiger partial charge in [-0.25, -0.2) is 0 Å². The summed E-state index contributed by atoms with van der Waals surface area (Å²) in [7, 11) is 4.34. The van der Waals surface area contributed by atoms with Gasteiger partial charge in [-0.3, -0.25) is 5.01 Å². The number of rotatable bonds is 3. The smallest absolute Gasteiger partial charge is 0.0408 e. The molecule has 0 radical (unpaired) electrons. The van der Waals surface area contributed by atoms with Gasteiger partial charge in [0.1, 0.15) is 0 Å². The topological polar surface area (TPSA) is 39.5 Å². The molecule has 1 N–H and O–H groups in total. The lowest BCUT2D eigenvalue weighted by atomic mass is 10.7. The van der Waals surface area contributed by atoms with E-state index in [0.29, 0.717) is 0 Å². The molecule has 3 nitrogen and oxygen atoms in total. The average molecular weight is 119 g/mol. The Bertz CT molecular complexity index is 56.1. The second-order valence-electron chi connectivity index (χ2n) is 1.27. The standard InChI is InChI=1S/C3H10N3P/c1-6(5-4)2-3-7/h4H,2-3,7H2,1H3. The number of nitrogens with zero attached hydrogens (tertiary/aromatic N) is 2. The first kappa shape index (κ1) is 6.83. The molecule has 0 fully saturated rings. The van der Waals surface area contributed by atoms with E-state index >= 15 is 0 Å². The summed E-state index contributed by atoms with van der Waals surface area (Å²) >= 11 is 0. The Labute approximate surface area is 45.8 Å². The average Bonchev–Trinajstić information content (AvgIpc) is 1.68. The highest BCUT2D eigenvalue weighted by Crippen LogP contribution is 1.84. The number of nitrogens with one attached hydrogen (secondary N) is 1. The van der Waals surface area contributed by atoms with Crippen LogP contribution >= 0.6 is 9.24 Å². The second-order valence-corrected chi connectivity index (χ2v) is 1.85. The van der Waals surface area contributed by atoms with Crippen molar-refractivity contribution in [2.45, 2.75) is 0 Å². The molecule has 0 aliphatic heterocycles. The van der Waals surface area contributed by atoms with Gasteiger partial charge in [-0.15, -0.1) is 9.24 Å². The van der Waals surface area contributed by atoms with Crippen LogP contribution < -0.4 is 0 Å². The van der Waals surface area contributed by atoms with E-state index in [1.54, 1.807) is 12.1 Å². The van der Waals surface area contributed by atoms with Crippen LogP contribution in [0.15, 0.2) is 5.22 Å². The van der Waals surface area contributed by atoms with Gasteiger partial charge in [0.05, 0.1) is 0 Å². The molecule has 0 aliphatic rings. The Morgan fingerprint density at radius 1 is 1.86 bits per heavy atom. The Morgan fingerprint density at radius 2 is 2.43 bits per heavy atom. The Morgan fingerprint density at radius 3 is 2.57 bits per heavy atom. The fraction of sp³-hybridized carbons (Fsp3) is 1.00. The monoisotopic (exact) mass is 119 g/mol. The number of hydrogen-bond acceptors (Lipinski definition) is 2. The molecule has 0 saturated heterocycles. The highest BCUT2D eigenvalue weighted by molar-refractivity contribution is 7.16. The fourth-order valence-corrected chi connectivity index (χ4v) is 0.611. The van der Waals surface area contributed by atoms with Crippen molar-refractivity contribution in [1.82, 2.24) is 5.01 Å². The zero-order valence-corrected chi connectivity index (χ0v) is 5.54. The molecule has 0 aromatic heterocycles. The minimum absolute atomic E-state index is 0.841. The molecule has 0 heterocycles. The predicted molar refractivity (Wildman–Crippen MR) is 32.4 cm³/mol. The molecular formula is C3H10N3P. The first-order valence-corrected chi connectivity index (χ1v) is 2.91. The van der Waals surface area contributed by atoms with E-state index in [1.165, 1.54) is 0 Å². The van der Waals surface area contributed by atoms with Crippen molar-refractivity contribution >= 4 is 9.24 Å². The maximum atomic E-state index is 6.45.